The van der Waals surface area contributed by atoms with Crippen molar-refractivity contribution in [1.82, 2.24) is 19.6 Å². The first-order chi connectivity index (χ1) is 14.9. The Hall–Kier alpha value is -3.13. The van der Waals surface area contributed by atoms with Crippen molar-refractivity contribution in [3.63, 3.8) is 0 Å². The Morgan fingerprint density at radius 3 is 2.97 bits per heavy atom. The van der Waals surface area contributed by atoms with Crippen LogP contribution in [0.15, 0.2) is 48.8 Å². The largest absolute Gasteiger partial charge is 0.497 e. The molecule has 4 heterocycles. The van der Waals surface area contributed by atoms with Gasteiger partial charge in [-0.15, -0.1) is 0 Å². The summed E-state index contributed by atoms with van der Waals surface area (Å²) in [7, 11) is 5.24. The van der Waals surface area contributed by atoms with E-state index in [0.29, 0.717) is 19.6 Å². The number of likely N-dealkylation sites (tertiary alicyclic amines) is 1. The third-order valence-corrected chi connectivity index (χ3v) is 6.53. The molecule has 2 aromatic rings. The highest BCUT2D eigenvalue weighted by atomic mass is 16.5. The number of benzene rings is 1. The second-order valence-corrected chi connectivity index (χ2v) is 8.66. The second kappa shape index (κ2) is 7.23. The summed E-state index contributed by atoms with van der Waals surface area (Å²) in [6, 6.07) is 7.69. The minimum Gasteiger partial charge on any atom is -0.497 e. The van der Waals surface area contributed by atoms with E-state index >= 15 is 0 Å². The Kier molecular flexibility index (Phi) is 4.62. The van der Waals surface area contributed by atoms with Gasteiger partial charge in [0, 0.05) is 38.9 Å². The van der Waals surface area contributed by atoms with E-state index in [9.17, 15) is 9.59 Å². The maximum absolute atomic E-state index is 13.4. The molecule has 0 N–H and O–H groups in total. The number of fused-ring (bicyclic) bond motifs is 1. The molecular weight excluding hydrogens is 396 g/mol. The molecule has 3 aliphatic heterocycles. The maximum atomic E-state index is 13.4. The molecule has 4 atom stereocenters. The molecule has 31 heavy (non-hydrogen) atoms. The SMILES string of the molecule is COc1cccc(CN2C[C@]34C=C[C@H](O3)[C@H](C(=O)N(C)Cc3cnn(C)c3)[C@@H]4C2=O)c1. The van der Waals surface area contributed by atoms with Gasteiger partial charge < -0.3 is 19.3 Å². The molecule has 1 spiro atoms. The Balaban J connectivity index is 1.35. The highest BCUT2D eigenvalue weighted by Crippen LogP contribution is 2.52. The Morgan fingerprint density at radius 2 is 2.23 bits per heavy atom. The van der Waals surface area contributed by atoms with Gasteiger partial charge in [0.15, 0.2) is 0 Å². The van der Waals surface area contributed by atoms with Crippen molar-refractivity contribution < 1.29 is 19.1 Å². The van der Waals surface area contributed by atoms with Gasteiger partial charge in [-0.2, -0.15) is 5.10 Å². The van der Waals surface area contributed by atoms with Crippen LogP contribution in [0.4, 0.5) is 0 Å². The molecule has 5 rings (SSSR count). The van der Waals surface area contributed by atoms with Crippen LogP contribution in [-0.4, -0.2) is 63.8 Å². The number of nitrogens with zero attached hydrogens (tertiary/aromatic N) is 4. The standard InChI is InChI=1S/C23H26N4O4/c1-25(11-16-10-24-26(2)12-16)21(28)19-18-7-8-23(31-18)14-27(22(29)20(19)23)13-15-5-4-6-17(9-15)30-3/h4-10,12,18-20H,11,13-14H2,1-3H3/t18-,19-,20+,23-/m0/s1. The molecule has 3 aliphatic rings. The van der Waals surface area contributed by atoms with Gasteiger partial charge in [-0.25, -0.2) is 0 Å². The number of aromatic nitrogens is 2. The molecule has 8 heteroatoms. The van der Waals surface area contributed by atoms with Crippen molar-refractivity contribution in [3.05, 3.63) is 59.9 Å². The summed E-state index contributed by atoms with van der Waals surface area (Å²) in [6.45, 7) is 1.36. The Bertz CT molecular complexity index is 1060. The first kappa shape index (κ1) is 19.8. The van der Waals surface area contributed by atoms with Crippen molar-refractivity contribution in [2.45, 2.75) is 24.8 Å². The molecule has 0 radical (unpaired) electrons. The molecule has 2 saturated heterocycles. The fraction of sp³-hybridized carbons (Fsp3) is 0.435. The third-order valence-electron chi connectivity index (χ3n) is 6.53. The molecule has 162 valence electrons. The maximum Gasteiger partial charge on any atom is 0.230 e. The molecule has 1 aromatic carbocycles. The highest BCUT2D eigenvalue weighted by molar-refractivity contribution is 5.93. The third kappa shape index (κ3) is 3.22. The summed E-state index contributed by atoms with van der Waals surface area (Å²) in [5.41, 5.74) is 1.22. The van der Waals surface area contributed by atoms with Crippen molar-refractivity contribution in [2.75, 3.05) is 20.7 Å². The molecule has 0 aliphatic carbocycles. The number of methoxy groups -OCH3 is 1. The number of hydrogen-bond donors (Lipinski definition) is 0. The molecule has 0 unspecified atom stereocenters. The first-order valence-electron chi connectivity index (χ1n) is 10.4. The summed E-state index contributed by atoms with van der Waals surface area (Å²) in [4.78, 5) is 30.3. The molecule has 2 fully saturated rings. The van der Waals surface area contributed by atoms with Crippen molar-refractivity contribution in [3.8, 4) is 5.75 Å². The number of carbonyl (C=O) groups excluding carboxylic acids is 2. The number of hydrogen-bond acceptors (Lipinski definition) is 5. The Morgan fingerprint density at radius 1 is 1.39 bits per heavy atom. The minimum atomic E-state index is -0.712. The van der Waals surface area contributed by atoms with E-state index < -0.39 is 17.4 Å². The van der Waals surface area contributed by atoms with Gasteiger partial charge in [-0.3, -0.25) is 14.3 Å². The van der Waals surface area contributed by atoms with Crippen LogP contribution >= 0.6 is 0 Å². The molecule has 8 nitrogen and oxygen atoms in total. The van der Waals surface area contributed by atoms with Gasteiger partial charge in [-0.1, -0.05) is 24.3 Å². The summed E-state index contributed by atoms with van der Waals surface area (Å²) >= 11 is 0. The number of aryl methyl sites for hydroxylation is 1. The monoisotopic (exact) mass is 422 g/mol. The van der Waals surface area contributed by atoms with E-state index in [1.165, 1.54) is 0 Å². The molecule has 2 bridgehead atoms. The van der Waals surface area contributed by atoms with Crippen LogP contribution in [-0.2, 0) is 34.5 Å². The molecular formula is C23H26N4O4. The minimum absolute atomic E-state index is 0.0252. The van der Waals surface area contributed by atoms with E-state index in [2.05, 4.69) is 5.10 Å². The lowest BCUT2D eigenvalue weighted by Gasteiger charge is -2.27. The smallest absolute Gasteiger partial charge is 0.230 e. The Labute approximate surface area is 181 Å². The average Bonchev–Trinajstić information content (AvgIpc) is 3.50. The van der Waals surface area contributed by atoms with E-state index in [0.717, 1.165) is 16.9 Å². The number of ether oxygens (including phenoxy) is 2. The van der Waals surface area contributed by atoms with E-state index in [-0.39, 0.29) is 17.9 Å². The first-order valence-corrected chi connectivity index (χ1v) is 10.4. The second-order valence-electron chi connectivity index (χ2n) is 8.66. The van der Waals surface area contributed by atoms with Gasteiger partial charge in [-0.05, 0) is 17.7 Å². The summed E-state index contributed by atoms with van der Waals surface area (Å²) in [5.74, 6) is -0.333. The van der Waals surface area contributed by atoms with Crippen molar-refractivity contribution >= 4 is 11.8 Å². The van der Waals surface area contributed by atoms with E-state index in [1.807, 2.05) is 49.7 Å². The number of rotatable bonds is 6. The fourth-order valence-corrected chi connectivity index (χ4v) is 5.15. The summed E-state index contributed by atoms with van der Waals surface area (Å²) < 4.78 is 13.3. The average molecular weight is 422 g/mol. The van der Waals surface area contributed by atoms with Gasteiger partial charge >= 0.3 is 0 Å². The van der Waals surface area contributed by atoms with Gasteiger partial charge in [0.1, 0.15) is 11.4 Å². The zero-order chi connectivity index (χ0) is 21.8. The zero-order valence-electron chi connectivity index (χ0n) is 17.9. The predicted molar refractivity (Wildman–Crippen MR) is 112 cm³/mol. The fourth-order valence-electron chi connectivity index (χ4n) is 5.15. The quantitative estimate of drug-likeness (QED) is 0.658. The van der Waals surface area contributed by atoms with Gasteiger partial charge in [0.05, 0.1) is 37.8 Å². The highest BCUT2D eigenvalue weighted by Gasteiger charge is 2.67. The predicted octanol–water partition coefficient (Wildman–Crippen LogP) is 1.37. The topological polar surface area (TPSA) is 76.9 Å². The van der Waals surface area contributed by atoms with E-state index in [1.54, 1.807) is 34.8 Å². The van der Waals surface area contributed by atoms with Gasteiger partial charge in [0.2, 0.25) is 11.8 Å². The lowest BCUT2D eigenvalue weighted by molar-refractivity contribution is -0.142. The lowest BCUT2D eigenvalue weighted by atomic mass is 9.76. The van der Waals surface area contributed by atoms with Crippen molar-refractivity contribution in [2.24, 2.45) is 18.9 Å². The van der Waals surface area contributed by atoms with Crippen LogP contribution in [0.3, 0.4) is 0 Å². The number of amides is 2. The molecule has 2 amide bonds. The molecule has 0 saturated carbocycles. The lowest BCUT2D eigenvalue weighted by Crippen LogP contribution is -2.44. The number of carbonyl (C=O) groups is 2. The summed E-state index contributed by atoms with van der Waals surface area (Å²) in [6.07, 6.45) is 7.21. The van der Waals surface area contributed by atoms with E-state index in [4.69, 9.17) is 9.47 Å². The van der Waals surface area contributed by atoms with Gasteiger partial charge in [0.25, 0.3) is 0 Å². The van der Waals surface area contributed by atoms with Crippen LogP contribution in [0.25, 0.3) is 0 Å². The molecule has 1 aromatic heterocycles. The van der Waals surface area contributed by atoms with Crippen molar-refractivity contribution in [1.29, 1.82) is 0 Å². The zero-order valence-corrected chi connectivity index (χ0v) is 17.9. The van der Waals surface area contributed by atoms with Crippen LogP contribution in [0.2, 0.25) is 0 Å². The van der Waals surface area contributed by atoms with Crippen LogP contribution in [0.5, 0.6) is 5.75 Å². The summed E-state index contributed by atoms with van der Waals surface area (Å²) in [5, 5.41) is 4.16. The van der Waals surface area contributed by atoms with Crippen LogP contribution in [0, 0.1) is 11.8 Å². The van der Waals surface area contributed by atoms with Crippen LogP contribution in [0.1, 0.15) is 11.1 Å². The van der Waals surface area contributed by atoms with Crippen LogP contribution < -0.4 is 4.74 Å². The normalized spacial score (nSPS) is 28.3.